The molecule has 2 aromatic carbocycles. The Bertz CT molecular complexity index is 1040. The van der Waals surface area contributed by atoms with Gasteiger partial charge in [-0.1, -0.05) is 46.3 Å². The van der Waals surface area contributed by atoms with E-state index in [0.29, 0.717) is 12.3 Å². The summed E-state index contributed by atoms with van der Waals surface area (Å²) >= 11 is 3.57. The molecule has 0 aliphatic carbocycles. The molecule has 1 aliphatic rings. The van der Waals surface area contributed by atoms with Crippen molar-refractivity contribution in [2.75, 3.05) is 6.61 Å². The van der Waals surface area contributed by atoms with Gasteiger partial charge < -0.3 is 4.74 Å². The van der Waals surface area contributed by atoms with Gasteiger partial charge in [-0.05, 0) is 32.0 Å². The summed E-state index contributed by atoms with van der Waals surface area (Å²) in [6, 6.07) is 15.8. The molecule has 3 aromatic rings. The van der Waals surface area contributed by atoms with Crippen molar-refractivity contribution < 1.29 is 9.53 Å². The standard InChI is InChI=1S/C21H18BrN3O2/c1-3-27-21(26)19-20-13(2)24-18(14-7-5-4-6-8-14)16-11-15(22)9-10-17(16)25(20)12-23-19/h4-13H,3H2,1-2H3/t13-/m1/s1. The van der Waals surface area contributed by atoms with E-state index in [0.717, 1.165) is 32.7 Å². The van der Waals surface area contributed by atoms with Gasteiger partial charge in [0.1, 0.15) is 6.33 Å². The normalized spacial score (nSPS) is 15.4. The van der Waals surface area contributed by atoms with Gasteiger partial charge in [0, 0.05) is 15.6 Å². The summed E-state index contributed by atoms with van der Waals surface area (Å²) in [5, 5.41) is 0. The summed E-state index contributed by atoms with van der Waals surface area (Å²) < 4.78 is 8.10. The number of rotatable bonds is 3. The first-order valence-corrected chi connectivity index (χ1v) is 9.57. The maximum absolute atomic E-state index is 12.4. The molecule has 0 spiro atoms. The molecule has 27 heavy (non-hydrogen) atoms. The van der Waals surface area contributed by atoms with Crippen LogP contribution < -0.4 is 0 Å². The molecule has 136 valence electrons. The Morgan fingerprint density at radius 1 is 1.22 bits per heavy atom. The van der Waals surface area contributed by atoms with Crippen LogP contribution in [0.25, 0.3) is 5.69 Å². The van der Waals surface area contributed by atoms with Crippen molar-refractivity contribution >= 4 is 27.6 Å². The number of halogens is 1. The van der Waals surface area contributed by atoms with Crippen LogP contribution in [0, 0.1) is 0 Å². The number of imidazole rings is 1. The number of carbonyl (C=O) groups excluding carboxylic acids is 1. The fraction of sp³-hybridized carbons (Fsp3) is 0.190. The minimum atomic E-state index is -0.421. The Labute approximate surface area is 165 Å². The van der Waals surface area contributed by atoms with Crippen molar-refractivity contribution in [3.8, 4) is 5.69 Å². The van der Waals surface area contributed by atoms with Crippen LogP contribution in [0.4, 0.5) is 0 Å². The van der Waals surface area contributed by atoms with Gasteiger partial charge in [0.25, 0.3) is 0 Å². The lowest BCUT2D eigenvalue weighted by Gasteiger charge is -2.12. The number of carbonyl (C=O) groups is 1. The van der Waals surface area contributed by atoms with E-state index >= 15 is 0 Å². The second-order valence-corrected chi connectivity index (χ2v) is 7.17. The average Bonchev–Trinajstić information content (AvgIpc) is 3.07. The molecule has 0 amide bonds. The Hall–Kier alpha value is -2.73. The van der Waals surface area contributed by atoms with Crippen LogP contribution in [0.2, 0.25) is 0 Å². The fourth-order valence-corrected chi connectivity index (χ4v) is 3.73. The molecule has 0 unspecified atom stereocenters. The van der Waals surface area contributed by atoms with E-state index in [2.05, 4.69) is 20.9 Å². The van der Waals surface area contributed by atoms with E-state index in [4.69, 9.17) is 9.73 Å². The topological polar surface area (TPSA) is 56.5 Å². The first-order valence-electron chi connectivity index (χ1n) is 8.78. The Kier molecular flexibility index (Phi) is 4.66. The monoisotopic (exact) mass is 423 g/mol. The number of hydrogen-bond donors (Lipinski definition) is 0. The van der Waals surface area contributed by atoms with Gasteiger partial charge in [-0.2, -0.15) is 0 Å². The summed E-state index contributed by atoms with van der Waals surface area (Å²) in [6.07, 6.45) is 1.67. The SMILES string of the molecule is CCOC(=O)c1ncn2c1[C@@H](C)N=C(c1ccccc1)c1cc(Br)ccc1-2. The lowest BCUT2D eigenvalue weighted by atomic mass is 10.0. The molecule has 1 aromatic heterocycles. The van der Waals surface area contributed by atoms with Crippen molar-refractivity contribution in [3.63, 3.8) is 0 Å². The van der Waals surface area contributed by atoms with Gasteiger partial charge in [-0.15, -0.1) is 0 Å². The van der Waals surface area contributed by atoms with E-state index in [1.165, 1.54) is 0 Å². The zero-order chi connectivity index (χ0) is 19.0. The van der Waals surface area contributed by atoms with Crippen molar-refractivity contribution in [1.82, 2.24) is 9.55 Å². The third-order valence-corrected chi connectivity index (χ3v) is 5.01. The second kappa shape index (κ2) is 7.12. The highest BCUT2D eigenvalue weighted by Crippen LogP contribution is 2.33. The van der Waals surface area contributed by atoms with E-state index < -0.39 is 5.97 Å². The summed E-state index contributed by atoms with van der Waals surface area (Å²) in [4.78, 5) is 21.7. The van der Waals surface area contributed by atoms with E-state index in [9.17, 15) is 4.79 Å². The summed E-state index contributed by atoms with van der Waals surface area (Å²) in [6.45, 7) is 4.07. The lowest BCUT2D eigenvalue weighted by Crippen LogP contribution is -2.11. The van der Waals surface area contributed by atoms with Gasteiger partial charge in [0.05, 0.1) is 29.7 Å². The number of aliphatic imine (C=N–C) groups is 1. The molecule has 1 aliphatic heterocycles. The number of aromatic nitrogens is 2. The van der Waals surface area contributed by atoms with Crippen molar-refractivity contribution in [3.05, 3.63) is 81.8 Å². The zero-order valence-electron chi connectivity index (χ0n) is 15.0. The van der Waals surface area contributed by atoms with E-state index in [1.807, 2.05) is 60.0 Å². The summed E-state index contributed by atoms with van der Waals surface area (Å²) in [5.74, 6) is -0.421. The largest absolute Gasteiger partial charge is 0.461 e. The summed E-state index contributed by atoms with van der Waals surface area (Å²) in [5.41, 5.74) is 4.88. The maximum Gasteiger partial charge on any atom is 0.358 e. The average molecular weight is 424 g/mol. The number of hydrogen-bond acceptors (Lipinski definition) is 4. The van der Waals surface area contributed by atoms with Crippen LogP contribution in [0.5, 0.6) is 0 Å². The molecule has 0 radical (unpaired) electrons. The highest BCUT2D eigenvalue weighted by molar-refractivity contribution is 9.10. The first kappa shape index (κ1) is 17.7. The molecule has 0 bridgehead atoms. The molecule has 0 fully saturated rings. The van der Waals surface area contributed by atoms with Crippen LogP contribution in [-0.2, 0) is 4.74 Å². The van der Waals surface area contributed by atoms with Crippen LogP contribution in [-0.4, -0.2) is 27.8 Å². The highest BCUT2D eigenvalue weighted by Gasteiger charge is 2.29. The fourth-order valence-electron chi connectivity index (χ4n) is 3.36. The number of fused-ring (bicyclic) bond motifs is 3. The molecule has 5 nitrogen and oxygen atoms in total. The highest BCUT2D eigenvalue weighted by atomic mass is 79.9. The molecule has 0 saturated carbocycles. The maximum atomic E-state index is 12.4. The number of esters is 1. The van der Waals surface area contributed by atoms with Gasteiger partial charge in [-0.25, -0.2) is 9.78 Å². The number of nitrogens with zero attached hydrogens (tertiary/aromatic N) is 3. The number of ether oxygens (including phenoxy) is 1. The third-order valence-electron chi connectivity index (χ3n) is 4.51. The molecule has 0 saturated heterocycles. The molecule has 6 heteroatoms. The Morgan fingerprint density at radius 2 is 2.00 bits per heavy atom. The minimum absolute atomic E-state index is 0.256. The first-order chi connectivity index (χ1) is 13.1. The van der Waals surface area contributed by atoms with Gasteiger partial charge in [0.2, 0.25) is 0 Å². The van der Waals surface area contributed by atoms with Crippen molar-refractivity contribution in [2.24, 2.45) is 4.99 Å². The molecule has 4 rings (SSSR count). The van der Waals surface area contributed by atoms with Crippen molar-refractivity contribution in [1.29, 1.82) is 0 Å². The third kappa shape index (κ3) is 3.10. The quantitative estimate of drug-likeness (QED) is 0.572. The summed E-state index contributed by atoms with van der Waals surface area (Å²) in [7, 11) is 0. The van der Waals surface area contributed by atoms with Gasteiger partial charge in [-0.3, -0.25) is 9.56 Å². The second-order valence-electron chi connectivity index (χ2n) is 6.25. The Balaban J connectivity index is 1.98. The molecule has 2 heterocycles. The van der Waals surface area contributed by atoms with Gasteiger partial charge in [0.15, 0.2) is 5.69 Å². The van der Waals surface area contributed by atoms with Gasteiger partial charge >= 0.3 is 5.97 Å². The smallest absolute Gasteiger partial charge is 0.358 e. The van der Waals surface area contributed by atoms with Crippen LogP contribution in [0.3, 0.4) is 0 Å². The minimum Gasteiger partial charge on any atom is -0.461 e. The molecule has 0 N–H and O–H groups in total. The predicted molar refractivity (Wildman–Crippen MR) is 108 cm³/mol. The molecular formula is C21H18BrN3O2. The van der Waals surface area contributed by atoms with Crippen LogP contribution in [0.15, 0.2) is 64.3 Å². The van der Waals surface area contributed by atoms with Crippen LogP contribution in [0.1, 0.15) is 47.2 Å². The Morgan fingerprint density at radius 3 is 2.74 bits per heavy atom. The molecular weight excluding hydrogens is 406 g/mol. The van der Waals surface area contributed by atoms with Crippen molar-refractivity contribution in [2.45, 2.75) is 19.9 Å². The predicted octanol–water partition coefficient (Wildman–Crippen LogP) is 4.72. The number of benzene rings is 2. The van der Waals surface area contributed by atoms with E-state index in [-0.39, 0.29) is 6.04 Å². The zero-order valence-corrected chi connectivity index (χ0v) is 16.6. The van der Waals surface area contributed by atoms with Crippen LogP contribution >= 0.6 is 15.9 Å². The lowest BCUT2D eigenvalue weighted by molar-refractivity contribution is 0.0518. The van der Waals surface area contributed by atoms with E-state index in [1.54, 1.807) is 13.3 Å². The molecule has 1 atom stereocenters.